The summed E-state index contributed by atoms with van der Waals surface area (Å²) in [5, 5.41) is 12.7. The second kappa shape index (κ2) is 5.38. The zero-order chi connectivity index (χ0) is 12.3. The van der Waals surface area contributed by atoms with E-state index >= 15 is 0 Å². The molecule has 17 heavy (non-hydrogen) atoms. The quantitative estimate of drug-likeness (QED) is 0.868. The van der Waals surface area contributed by atoms with Crippen LogP contribution in [0.25, 0.3) is 0 Å². The molecule has 0 radical (unpaired) electrons. The molecule has 1 heterocycles. The minimum atomic E-state index is -0.333. The van der Waals surface area contributed by atoms with Gasteiger partial charge in [0, 0.05) is 18.2 Å². The molecule has 0 aromatic heterocycles. The largest absolute Gasteiger partial charge is 0.507 e. The average Bonchev–Trinajstić information content (AvgIpc) is 2.82. The maximum Gasteiger partial charge on any atom is 0.255 e. The third-order valence-electron chi connectivity index (χ3n) is 2.72. The molecule has 1 aliphatic heterocycles. The van der Waals surface area contributed by atoms with Crippen molar-refractivity contribution >= 4 is 17.5 Å². The number of carbonyl (C=O) groups is 1. The maximum absolute atomic E-state index is 11.8. The van der Waals surface area contributed by atoms with E-state index in [0.717, 1.165) is 19.4 Å². The molecule has 0 bridgehead atoms. The molecule has 1 aromatic rings. The normalized spacial score (nSPS) is 19.2. The second-order valence-electron chi connectivity index (χ2n) is 4.01. The van der Waals surface area contributed by atoms with E-state index in [9.17, 15) is 9.90 Å². The van der Waals surface area contributed by atoms with Gasteiger partial charge in [-0.15, -0.1) is 0 Å². The van der Waals surface area contributed by atoms with Gasteiger partial charge in [-0.25, -0.2) is 0 Å². The number of carbonyl (C=O) groups excluding carboxylic acids is 1. The summed E-state index contributed by atoms with van der Waals surface area (Å²) in [6.45, 7) is 1.22. The van der Waals surface area contributed by atoms with Crippen LogP contribution in [-0.2, 0) is 4.74 Å². The van der Waals surface area contributed by atoms with Gasteiger partial charge >= 0.3 is 0 Å². The zero-order valence-corrected chi connectivity index (χ0v) is 10.0. The van der Waals surface area contributed by atoms with E-state index in [0.29, 0.717) is 11.6 Å². The van der Waals surface area contributed by atoms with E-state index in [1.54, 1.807) is 0 Å². The Morgan fingerprint density at radius 3 is 3.12 bits per heavy atom. The van der Waals surface area contributed by atoms with Crippen LogP contribution in [0.2, 0.25) is 5.02 Å². The molecule has 4 nitrogen and oxygen atoms in total. The summed E-state index contributed by atoms with van der Waals surface area (Å²) >= 11 is 5.77. The highest BCUT2D eigenvalue weighted by molar-refractivity contribution is 6.31. The minimum absolute atomic E-state index is 0.0701. The molecule has 1 fully saturated rings. The van der Waals surface area contributed by atoms with Crippen molar-refractivity contribution < 1.29 is 14.6 Å². The van der Waals surface area contributed by atoms with E-state index < -0.39 is 0 Å². The van der Waals surface area contributed by atoms with E-state index in [4.69, 9.17) is 16.3 Å². The lowest BCUT2D eigenvalue weighted by Crippen LogP contribution is -2.31. The first-order chi connectivity index (χ1) is 8.16. The summed E-state index contributed by atoms with van der Waals surface area (Å²) in [5.74, 6) is -0.403. The van der Waals surface area contributed by atoms with Gasteiger partial charge in [0.15, 0.2) is 0 Å². The summed E-state index contributed by atoms with van der Waals surface area (Å²) < 4.78 is 5.39. The number of halogens is 1. The summed E-state index contributed by atoms with van der Waals surface area (Å²) in [7, 11) is 0. The highest BCUT2D eigenvalue weighted by Crippen LogP contribution is 2.21. The van der Waals surface area contributed by atoms with E-state index in [2.05, 4.69) is 5.32 Å². The molecule has 92 valence electrons. The first-order valence-electron chi connectivity index (χ1n) is 5.55. The Bertz CT molecular complexity index is 416. The van der Waals surface area contributed by atoms with E-state index in [1.807, 2.05) is 0 Å². The maximum atomic E-state index is 11.8. The van der Waals surface area contributed by atoms with Gasteiger partial charge in [0.2, 0.25) is 0 Å². The van der Waals surface area contributed by atoms with Crippen LogP contribution >= 0.6 is 11.6 Å². The lowest BCUT2D eigenvalue weighted by molar-refractivity contribution is 0.0855. The van der Waals surface area contributed by atoms with Crippen molar-refractivity contribution in [3.8, 4) is 5.75 Å². The van der Waals surface area contributed by atoms with Crippen molar-refractivity contribution in [2.24, 2.45) is 0 Å². The number of rotatable bonds is 3. The first kappa shape index (κ1) is 12.2. The first-order valence-corrected chi connectivity index (χ1v) is 5.93. The van der Waals surface area contributed by atoms with Crippen molar-refractivity contribution in [3.63, 3.8) is 0 Å². The number of phenolic OH excluding ortho intramolecular Hbond substituents is 1. The van der Waals surface area contributed by atoms with Crippen LogP contribution in [0.1, 0.15) is 23.2 Å². The lowest BCUT2D eigenvalue weighted by Gasteiger charge is -2.11. The third kappa shape index (κ3) is 3.11. The molecule has 0 spiro atoms. The van der Waals surface area contributed by atoms with Gasteiger partial charge in [0.25, 0.3) is 5.91 Å². The number of nitrogens with one attached hydrogen (secondary N) is 1. The van der Waals surface area contributed by atoms with Gasteiger partial charge < -0.3 is 15.2 Å². The number of hydrogen-bond acceptors (Lipinski definition) is 3. The average molecular weight is 256 g/mol. The fraction of sp³-hybridized carbons (Fsp3) is 0.417. The van der Waals surface area contributed by atoms with Gasteiger partial charge in [-0.3, -0.25) is 4.79 Å². The van der Waals surface area contributed by atoms with Gasteiger partial charge in [-0.1, -0.05) is 11.6 Å². The molecule has 0 aliphatic carbocycles. The molecule has 1 aliphatic rings. The Hall–Kier alpha value is -1.26. The minimum Gasteiger partial charge on any atom is -0.507 e. The summed E-state index contributed by atoms with van der Waals surface area (Å²) in [5.41, 5.74) is 0.190. The Kier molecular flexibility index (Phi) is 3.86. The fourth-order valence-electron chi connectivity index (χ4n) is 1.80. The van der Waals surface area contributed by atoms with E-state index in [1.165, 1.54) is 18.2 Å². The number of hydrogen-bond donors (Lipinski definition) is 2. The van der Waals surface area contributed by atoms with Gasteiger partial charge in [-0.2, -0.15) is 0 Å². The molecule has 5 heteroatoms. The molecule has 1 atom stereocenters. The Morgan fingerprint density at radius 2 is 2.41 bits per heavy atom. The third-order valence-corrected chi connectivity index (χ3v) is 2.95. The van der Waals surface area contributed by atoms with Crippen LogP contribution in [0.3, 0.4) is 0 Å². The second-order valence-corrected chi connectivity index (χ2v) is 4.44. The number of ether oxygens (including phenoxy) is 1. The number of phenols is 1. The Labute approximate surface area is 105 Å². The fourth-order valence-corrected chi connectivity index (χ4v) is 1.97. The lowest BCUT2D eigenvalue weighted by atomic mass is 10.2. The van der Waals surface area contributed by atoms with Crippen LogP contribution in [0.5, 0.6) is 5.75 Å². The Balaban J connectivity index is 1.96. The standard InChI is InChI=1S/C12H14ClNO3/c13-8-3-4-11(15)10(6-8)12(16)14-7-9-2-1-5-17-9/h3-4,6,9,15H,1-2,5,7H2,(H,14,16). The number of aromatic hydroxyl groups is 1. The summed E-state index contributed by atoms with van der Waals surface area (Å²) in [6.07, 6.45) is 2.07. The highest BCUT2D eigenvalue weighted by Gasteiger charge is 2.18. The molecule has 1 aromatic carbocycles. The van der Waals surface area contributed by atoms with Crippen molar-refractivity contribution in [2.45, 2.75) is 18.9 Å². The zero-order valence-electron chi connectivity index (χ0n) is 9.28. The smallest absolute Gasteiger partial charge is 0.255 e. The number of benzene rings is 1. The monoisotopic (exact) mass is 255 g/mol. The SMILES string of the molecule is O=C(NCC1CCCO1)c1cc(Cl)ccc1O. The molecule has 2 rings (SSSR count). The van der Waals surface area contributed by atoms with Crippen LogP contribution < -0.4 is 5.32 Å². The van der Waals surface area contributed by atoms with Crippen molar-refractivity contribution in [2.75, 3.05) is 13.2 Å². The predicted octanol–water partition coefficient (Wildman–Crippen LogP) is 1.95. The molecular formula is C12H14ClNO3. The van der Waals surface area contributed by atoms with Crippen LogP contribution in [-0.4, -0.2) is 30.3 Å². The van der Waals surface area contributed by atoms with Crippen molar-refractivity contribution in [3.05, 3.63) is 28.8 Å². The van der Waals surface area contributed by atoms with Gasteiger partial charge in [0.1, 0.15) is 5.75 Å². The molecule has 0 saturated carbocycles. The van der Waals surface area contributed by atoms with Crippen molar-refractivity contribution in [1.82, 2.24) is 5.32 Å². The highest BCUT2D eigenvalue weighted by atomic mass is 35.5. The number of amides is 1. The summed E-state index contributed by atoms with van der Waals surface area (Å²) in [6, 6.07) is 4.39. The van der Waals surface area contributed by atoms with Gasteiger partial charge in [-0.05, 0) is 31.0 Å². The molecular weight excluding hydrogens is 242 g/mol. The topological polar surface area (TPSA) is 58.6 Å². The molecule has 2 N–H and O–H groups in total. The van der Waals surface area contributed by atoms with E-state index in [-0.39, 0.29) is 23.3 Å². The molecule has 1 amide bonds. The molecule has 1 unspecified atom stereocenters. The molecule has 1 saturated heterocycles. The van der Waals surface area contributed by atoms with Crippen LogP contribution in [0.4, 0.5) is 0 Å². The Morgan fingerprint density at radius 1 is 1.59 bits per heavy atom. The van der Waals surface area contributed by atoms with Gasteiger partial charge in [0.05, 0.1) is 11.7 Å². The van der Waals surface area contributed by atoms with Crippen LogP contribution in [0.15, 0.2) is 18.2 Å². The summed E-state index contributed by atoms with van der Waals surface area (Å²) in [4.78, 5) is 11.8. The van der Waals surface area contributed by atoms with Crippen molar-refractivity contribution in [1.29, 1.82) is 0 Å². The van der Waals surface area contributed by atoms with Crippen LogP contribution in [0, 0.1) is 0 Å². The predicted molar refractivity (Wildman–Crippen MR) is 64.4 cm³/mol.